The van der Waals surface area contributed by atoms with Crippen molar-refractivity contribution in [3.8, 4) is 11.1 Å². The highest BCUT2D eigenvalue weighted by Gasteiger charge is 2.41. The number of nitrogens with zero attached hydrogens (tertiary/aromatic N) is 2. The van der Waals surface area contributed by atoms with Gasteiger partial charge in [0.1, 0.15) is 12.1 Å². The largest absolute Gasteiger partial charge is 0.481 e. The molecule has 1 fully saturated rings. The third kappa shape index (κ3) is 4.40. The molecule has 8 nitrogen and oxygen atoms in total. The second-order valence-corrected chi connectivity index (χ2v) is 9.70. The van der Waals surface area contributed by atoms with E-state index in [1.807, 2.05) is 24.3 Å². The van der Waals surface area contributed by atoms with E-state index in [0.717, 1.165) is 23.3 Å². The van der Waals surface area contributed by atoms with Gasteiger partial charge in [0.05, 0.1) is 6.42 Å². The molecule has 1 aliphatic heterocycles. The average Bonchev–Trinajstić information content (AvgIpc) is 3.46. The minimum absolute atomic E-state index is 0.0253. The lowest BCUT2D eigenvalue weighted by Gasteiger charge is -2.34. The van der Waals surface area contributed by atoms with Gasteiger partial charge < -0.3 is 19.7 Å². The molecular weight excluding hydrogens is 454 g/mol. The number of carbonyl (C=O) groups excluding carboxylic acids is 1. The molecule has 2 aliphatic rings. The normalized spacial score (nSPS) is 19.3. The van der Waals surface area contributed by atoms with Crippen molar-refractivity contribution in [2.24, 2.45) is 0 Å². The van der Waals surface area contributed by atoms with Gasteiger partial charge in [-0.3, -0.25) is 4.79 Å². The second kappa shape index (κ2) is 9.50. The first-order valence-electron chi connectivity index (χ1n) is 11.3. The molecule has 0 saturated carbocycles. The van der Waals surface area contributed by atoms with Crippen molar-refractivity contribution in [3.63, 3.8) is 0 Å². The summed E-state index contributed by atoms with van der Waals surface area (Å²) in [6, 6.07) is 16.4. The molecule has 0 bridgehead atoms. The zero-order valence-electron chi connectivity index (χ0n) is 18.5. The summed E-state index contributed by atoms with van der Waals surface area (Å²) >= 11 is 1.70. The summed E-state index contributed by atoms with van der Waals surface area (Å²) in [7, 11) is 0. The number of fused-ring (bicyclic) bond motifs is 3. The topological polar surface area (TPSA) is 115 Å². The number of amides is 1. The highest BCUT2D eigenvalue weighted by Crippen LogP contribution is 2.44. The Kier molecular flexibility index (Phi) is 6.28. The highest BCUT2D eigenvalue weighted by molar-refractivity contribution is 7.99. The molecule has 0 spiro atoms. The maximum Gasteiger partial charge on any atom is 0.408 e. The van der Waals surface area contributed by atoms with E-state index in [4.69, 9.17) is 14.4 Å². The van der Waals surface area contributed by atoms with Gasteiger partial charge in [-0.05, 0) is 40.8 Å². The van der Waals surface area contributed by atoms with Gasteiger partial charge in [0.2, 0.25) is 5.89 Å². The summed E-state index contributed by atoms with van der Waals surface area (Å²) in [6.07, 6.45) is 1.07. The number of rotatable bonds is 7. The van der Waals surface area contributed by atoms with E-state index in [0.29, 0.717) is 18.0 Å². The van der Waals surface area contributed by atoms with E-state index in [2.05, 4.69) is 39.7 Å². The Morgan fingerprint density at radius 1 is 1.15 bits per heavy atom. The van der Waals surface area contributed by atoms with Gasteiger partial charge in [0.15, 0.2) is 5.82 Å². The number of aromatic nitrogens is 2. The fraction of sp³-hybridized carbons (Fsp3) is 0.360. The van der Waals surface area contributed by atoms with Crippen LogP contribution in [-0.4, -0.2) is 45.4 Å². The smallest absolute Gasteiger partial charge is 0.408 e. The summed E-state index contributed by atoms with van der Waals surface area (Å²) in [5, 5.41) is 16.0. The molecule has 0 radical (unpaired) electrons. The van der Waals surface area contributed by atoms with Crippen molar-refractivity contribution in [1.29, 1.82) is 0 Å². The second-order valence-electron chi connectivity index (χ2n) is 8.59. The Labute approximate surface area is 201 Å². The number of carboxylic acid groups (broad SMARTS) is 1. The summed E-state index contributed by atoms with van der Waals surface area (Å²) in [5.41, 5.74) is 3.85. The number of carboxylic acids is 1. The Morgan fingerprint density at radius 3 is 2.50 bits per heavy atom. The quantitative estimate of drug-likeness (QED) is 0.514. The molecule has 2 N–H and O–H groups in total. The average molecular weight is 480 g/mol. The maximum absolute atomic E-state index is 13.0. The lowest BCUT2D eigenvalue weighted by molar-refractivity contribution is -0.137. The molecule has 1 unspecified atom stereocenters. The molecule has 2 heterocycles. The van der Waals surface area contributed by atoms with Crippen LogP contribution in [0.4, 0.5) is 4.79 Å². The third-order valence-corrected chi connectivity index (χ3v) is 7.65. The predicted molar refractivity (Wildman–Crippen MR) is 127 cm³/mol. The van der Waals surface area contributed by atoms with E-state index in [1.165, 1.54) is 11.1 Å². The van der Waals surface area contributed by atoms with Crippen molar-refractivity contribution in [2.45, 2.75) is 37.1 Å². The number of nitrogens with one attached hydrogen (secondary N) is 1. The van der Waals surface area contributed by atoms with Crippen molar-refractivity contribution in [2.75, 3.05) is 18.1 Å². The lowest BCUT2D eigenvalue weighted by Crippen LogP contribution is -2.50. The number of benzene rings is 2. The maximum atomic E-state index is 13.0. The van der Waals surface area contributed by atoms with Crippen LogP contribution in [0.2, 0.25) is 0 Å². The molecular formula is C25H25N3O5S. The fourth-order valence-electron chi connectivity index (χ4n) is 4.72. The van der Waals surface area contributed by atoms with Crippen LogP contribution in [0, 0.1) is 0 Å². The molecule has 2 aromatic carbocycles. The van der Waals surface area contributed by atoms with Crippen LogP contribution >= 0.6 is 11.8 Å². The molecule has 5 rings (SSSR count). The standard InChI is InChI=1S/C25H25N3O5S/c29-22(30)11-10-21-26-23(28-33-21)25(12-5-13-34-15-25)27-24(31)32-14-20-18-8-3-1-6-16(18)17-7-2-4-9-19(17)20/h1-4,6-9,20H,5,10-15H2,(H,27,31)(H,29,30). The van der Waals surface area contributed by atoms with Gasteiger partial charge in [-0.1, -0.05) is 53.7 Å². The van der Waals surface area contributed by atoms with Crippen molar-refractivity contribution in [3.05, 3.63) is 71.4 Å². The van der Waals surface area contributed by atoms with Crippen LogP contribution in [-0.2, 0) is 21.5 Å². The molecule has 1 atom stereocenters. The van der Waals surface area contributed by atoms with Crippen LogP contribution in [0.3, 0.4) is 0 Å². The molecule has 1 saturated heterocycles. The zero-order chi connectivity index (χ0) is 23.5. The minimum atomic E-state index is -0.931. The van der Waals surface area contributed by atoms with Crippen molar-refractivity contribution >= 4 is 23.8 Å². The van der Waals surface area contributed by atoms with E-state index < -0.39 is 17.6 Å². The first-order valence-corrected chi connectivity index (χ1v) is 12.5. The van der Waals surface area contributed by atoms with Gasteiger partial charge >= 0.3 is 12.1 Å². The summed E-state index contributed by atoms with van der Waals surface area (Å²) in [5.74, 6) is 1.24. The van der Waals surface area contributed by atoms with Crippen LogP contribution in [0.1, 0.15) is 48.0 Å². The molecule has 1 aromatic heterocycles. The fourth-order valence-corrected chi connectivity index (χ4v) is 5.91. The summed E-state index contributed by atoms with van der Waals surface area (Å²) in [6.45, 7) is 0.221. The number of carbonyl (C=O) groups is 2. The Morgan fingerprint density at radius 2 is 1.85 bits per heavy atom. The van der Waals surface area contributed by atoms with Crippen molar-refractivity contribution < 1.29 is 24.0 Å². The Balaban J connectivity index is 1.30. The number of ether oxygens (including phenoxy) is 1. The summed E-state index contributed by atoms with van der Waals surface area (Å²) in [4.78, 5) is 28.2. The first kappa shape index (κ1) is 22.5. The van der Waals surface area contributed by atoms with E-state index in [1.54, 1.807) is 11.8 Å². The molecule has 1 aliphatic carbocycles. The van der Waals surface area contributed by atoms with Gasteiger partial charge in [0.25, 0.3) is 0 Å². The third-order valence-electron chi connectivity index (χ3n) is 6.37. The van der Waals surface area contributed by atoms with Crippen LogP contribution in [0.5, 0.6) is 0 Å². The molecule has 9 heteroatoms. The Hall–Kier alpha value is -3.33. The van der Waals surface area contributed by atoms with Gasteiger partial charge in [-0.2, -0.15) is 16.7 Å². The van der Waals surface area contributed by atoms with Gasteiger partial charge in [0, 0.05) is 18.1 Å². The Bertz CT molecular complexity index is 1160. The number of thioether (sulfide) groups is 1. The van der Waals surface area contributed by atoms with Crippen LogP contribution in [0.15, 0.2) is 53.1 Å². The van der Waals surface area contributed by atoms with Crippen LogP contribution in [0.25, 0.3) is 11.1 Å². The van der Waals surface area contributed by atoms with Crippen LogP contribution < -0.4 is 5.32 Å². The van der Waals surface area contributed by atoms with Gasteiger partial charge in [-0.25, -0.2) is 4.79 Å². The van der Waals surface area contributed by atoms with E-state index >= 15 is 0 Å². The zero-order valence-corrected chi connectivity index (χ0v) is 19.3. The molecule has 1 amide bonds. The number of aryl methyl sites for hydroxylation is 1. The monoisotopic (exact) mass is 479 g/mol. The SMILES string of the molecule is O=C(O)CCc1nc(C2(NC(=O)OCC3c4ccccc4-c4ccccc43)CCCSC2)no1. The number of alkyl carbamates (subject to hydrolysis) is 1. The number of aliphatic carboxylic acids is 1. The van der Waals surface area contributed by atoms with E-state index in [-0.39, 0.29) is 31.3 Å². The molecule has 3 aromatic rings. The lowest BCUT2D eigenvalue weighted by atomic mass is 9.94. The van der Waals surface area contributed by atoms with E-state index in [9.17, 15) is 9.59 Å². The number of hydrogen-bond donors (Lipinski definition) is 2. The van der Waals surface area contributed by atoms with Crippen molar-refractivity contribution in [1.82, 2.24) is 15.5 Å². The predicted octanol–water partition coefficient (Wildman–Crippen LogP) is 4.35. The minimum Gasteiger partial charge on any atom is -0.481 e. The number of hydrogen-bond acceptors (Lipinski definition) is 7. The highest BCUT2D eigenvalue weighted by atomic mass is 32.2. The molecule has 34 heavy (non-hydrogen) atoms. The molecule has 176 valence electrons. The summed E-state index contributed by atoms with van der Waals surface area (Å²) < 4.78 is 11.0. The van der Waals surface area contributed by atoms with Gasteiger partial charge in [-0.15, -0.1) is 0 Å². The first-order chi connectivity index (χ1) is 16.6.